The summed E-state index contributed by atoms with van der Waals surface area (Å²) >= 11 is 0. The normalized spacial score (nSPS) is 12.5. The Balaban J connectivity index is 1.95. The maximum atomic E-state index is 11.1. The Labute approximate surface area is 161 Å². The van der Waals surface area contributed by atoms with Crippen LogP contribution >= 0.6 is 0 Å². The van der Waals surface area contributed by atoms with Gasteiger partial charge in [0.1, 0.15) is 5.82 Å². The molecular formula is C21H28N4O2. The number of nitrogens with zero attached hydrogens (tertiary/aromatic N) is 3. The van der Waals surface area contributed by atoms with Crippen molar-refractivity contribution in [3.8, 4) is 0 Å². The van der Waals surface area contributed by atoms with E-state index >= 15 is 0 Å². The highest BCUT2D eigenvalue weighted by atomic mass is 16.5. The van der Waals surface area contributed by atoms with E-state index in [2.05, 4.69) is 70.1 Å². The first-order valence-electron chi connectivity index (χ1n) is 9.05. The van der Waals surface area contributed by atoms with E-state index in [1.54, 1.807) is 18.5 Å². The molecule has 1 heterocycles. The number of esters is 1. The molecule has 0 aliphatic rings. The van der Waals surface area contributed by atoms with Crippen molar-refractivity contribution in [3.63, 3.8) is 0 Å². The first-order chi connectivity index (χ1) is 13.0. The summed E-state index contributed by atoms with van der Waals surface area (Å²) < 4.78 is 4.56. The third kappa shape index (κ3) is 7.19. The molecule has 1 aromatic heterocycles. The number of aromatic nitrogens is 2. The standard InChI is InChI=1S/C21H28N4O2/c1-16(2)19(15-25(3)14-17-8-6-5-7-9-17)24-20-13-22-18(12-23-20)10-11-21(26)27-4/h5-13,16,19H,14-15H2,1-4H3,(H,23,24)/b11-10+/t19-/m0/s1. The summed E-state index contributed by atoms with van der Waals surface area (Å²) in [7, 11) is 3.46. The lowest BCUT2D eigenvalue weighted by Crippen LogP contribution is -2.38. The fraction of sp³-hybridized carbons (Fsp3) is 0.381. The van der Waals surface area contributed by atoms with E-state index in [9.17, 15) is 4.79 Å². The highest BCUT2D eigenvalue weighted by molar-refractivity contribution is 5.86. The SMILES string of the molecule is COC(=O)/C=C/c1cnc(N[C@@H](CN(C)Cc2ccccc2)C(C)C)cn1. The molecule has 2 aromatic rings. The summed E-state index contributed by atoms with van der Waals surface area (Å²) in [6, 6.07) is 10.7. The summed E-state index contributed by atoms with van der Waals surface area (Å²) in [6.07, 6.45) is 6.22. The average Bonchev–Trinajstić information content (AvgIpc) is 2.67. The van der Waals surface area contributed by atoms with Gasteiger partial charge in [0.05, 0.1) is 25.2 Å². The van der Waals surface area contributed by atoms with Crippen LogP contribution in [0.25, 0.3) is 6.08 Å². The van der Waals surface area contributed by atoms with Crippen LogP contribution in [0.4, 0.5) is 5.82 Å². The van der Waals surface area contributed by atoms with Crippen molar-refractivity contribution in [1.29, 1.82) is 0 Å². The molecule has 6 heteroatoms. The molecule has 27 heavy (non-hydrogen) atoms. The maximum Gasteiger partial charge on any atom is 0.330 e. The van der Waals surface area contributed by atoms with Gasteiger partial charge in [0.25, 0.3) is 0 Å². The number of hydrogen-bond donors (Lipinski definition) is 1. The van der Waals surface area contributed by atoms with Gasteiger partial charge < -0.3 is 15.0 Å². The fourth-order valence-electron chi connectivity index (χ4n) is 2.63. The lowest BCUT2D eigenvalue weighted by atomic mass is 10.0. The van der Waals surface area contributed by atoms with Crippen LogP contribution in [0.2, 0.25) is 0 Å². The lowest BCUT2D eigenvalue weighted by Gasteiger charge is -2.28. The Morgan fingerprint density at radius 1 is 1.22 bits per heavy atom. The van der Waals surface area contributed by atoms with Crippen LogP contribution < -0.4 is 5.32 Å². The van der Waals surface area contributed by atoms with Gasteiger partial charge in [-0.3, -0.25) is 4.98 Å². The van der Waals surface area contributed by atoms with Crippen molar-refractivity contribution >= 4 is 17.9 Å². The van der Waals surface area contributed by atoms with Crippen molar-refractivity contribution in [1.82, 2.24) is 14.9 Å². The van der Waals surface area contributed by atoms with Crippen LogP contribution in [0.1, 0.15) is 25.1 Å². The molecule has 1 N–H and O–H groups in total. The molecule has 0 amide bonds. The molecule has 6 nitrogen and oxygen atoms in total. The Kier molecular flexibility index (Phi) is 7.95. The molecule has 2 rings (SSSR count). The summed E-state index contributed by atoms with van der Waals surface area (Å²) in [5.74, 6) is 0.737. The molecule has 0 spiro atoms. The summed E-state index contributed by atoms with van der Waals surface area (Å²) in [6.45, 7) is 6.16. The lowest BCUT2D eigenvalue weighted by molar-refractivity contribution is -0.134. The van der Waals surface area contributed by atoms with E-state index in [0.29, 0.717) is 11.6 Å². The molecule has 144 valence electrons. The van der Waals surface area contributed by atoms with Gasteiger partial charge in [-0.25, -0.2) is 9.78 Å². The fourth-order valence-corrected chi connectivity index (χ4v) is 2.63. The van der Waals surface area contributed by atoms with Gasteiger partial charge in [-0.05, 0) is 24.6 Å². The average molecular weight is 368 g/mol. The van der Waals surface area contributed by atoms with Crippen LogP contribution in [0.5, 0.6) is 0 Å². The van der Waals surface area contributed by atoms with E-state index < -0.39 is 5.97 Å². The van der Waals surface area contributed by atoms with Gasteiger partial charge in [-0.1, -0.05) is 44.2 Å². The van der Waals surface area contributed by atoms with Crippen molar-refractivity contribution < 1.29 is 9.53 Å². The predicted octanol–water partition coefficient (Wildman–Crippen LogP) is 3.23. The maximum absolute atomic E-state index is 11.1. The molecule has 0 unspecified atom stereocenters. The van der Waals surface area contributed by atoms with Gasteiger partial charge in [0.2, 0.25) is 0 Å². The zero-order chi connectivity index (χ0) is 19.6. The first kappa shape index (κ1) is 20.6. The monoisotopic (exact) mass is 368 g/mol. The highest BCUT2D eigenvalue weighted by Gasteiger charge is 2.16. The van der Waals surface area contributed by atoms with E-state index in [1.165, 1.54) is 18.7 Å². The van der Waals surface area contributed by atoms with Gasteiger partial charge in [-0.2, -0.15) is 0 Å². The van der Waals surface area contributed by atoms with Crippen LogP contribution in [-0.2, 0) is 16.1 Å². The Morgan fingerprint density at radius 2 is 1.96 bits per heavy atom. The second kappa shape index (κ2) is 10.4. The Hall–Kier alpha value is -2.73. The van der Waals surface area contributed by atoms with Gasteiger partial charge >= 0.3 is 5.97 Å². The number of benzene rings is 1. The number of hydrogen-bond acceptors (Lipinski definition) is 6. The molecular weight excluding hydrogens is 340 g/mol. The molecule has 1 atom stereocenters. The Morgan fingerprint density at radius 3 is 2.56 bits per heavy atom. The third-order valence-corrected chi connectivity index (χ3v) is 4.20. The highest BCUT2D eigenvalue weighted by Crippen LogP contribution is 2.13. The zero-order valence-corrected chi connectivity index (χ0v) is 16.4. The smallest absolute Gasteiger partial charge is 0.330 e. The van der Waals surface area contributed by atoms with Crippen LogP contribution in [-0.4, -0.2) is 47.6 Å². The summed E-state index contributed by atoms with van der Waals surface area (Å²) in [4.78, 5) is 22.1. The molecule has 0 saturated carbocycles. The van der Waals surface area contributed by atoms with Crippen LogP contribution in [0.3, 0.4) is 0 Å². The van der Waals surface area contributed by atoms with Gasteiger partial charge in [-0.15, -0.1) is 0 Å². The Bertz CT molecular complexity index is 730. The second-order valence-electron chi connectivity index (χ2n) is 6.86. The number of likely N-dealkylation sites (N-methyl/N-ethyl adjacent to an activating group) is 1. The van der Waals surface area contributed by atoms with Crippen molar-refractivity contribution in [3.05, 3.63) is 60.1 Å². The molecule has 0 aliphatic carbocycles. The molecule has 0 radical (unpaired) electrons. The number of ether oxygens (including phenoxy) is 1. The number of methoxy groups -OCH3 is 1. The third-order valence-electron chi connectivity index (χ3n) is 4.20. The van der Waals surface area contributed by atoms with Crippen molar-refractivity contribution in [2.45, 2.75) is 26.4 Å². The van der Waals surface area contributed by atoms with Crippen molar-refractivity contribution in [2.75, 3.05) is 26.0 Å². The minimum Gasteiger partial charge on any atom is -0.466 e. The number of anilines is 1. The minimum atomic E-state index is -0.416. The van der Waals surface area contributed by atoms with Gasteiger partial charge in [0.15, 0.2) is 0 Å². The zero-order valence-electron chi connectivity index (χ0n) is 16.4. The number of nitrogens with one attached hydrogen (secondary N) is 1. The van der Waals surface area contributed by atoms with Crippen LogP contribution in [0, 0.1) is 5.92 Å². The van der Waals surface area contributed by atoms with E-state index in [4.69, 9.17) is 0 Å². The summed E-state index contributed by atoms with van der Waals surface area (Å²) in [5.41, 5.74) is 1.90. The molecule has 1 aromatic carbocycles. The number of carbonyl (C=O) groups excluding carboxylic acids is 1. The minimum absolute atomic E-state index is 0.240. The summed E-state index contributed by atoms with van der Waals surface area (Å²) in [5, 5.41) is 3.47. The van der Waals surface area contributed by atoms with E-state index in [1.807, 2.05) is 6.07 Å². The number of rotatable bonds is 9. The largest absolute Gasteiger partial charge is 0.466 e. The number of carbonyl (C=O) groups is 1. The predicted molar refractivity (Wildman–Crippen MR) is 108 cm³/mol. The second-order valence-corrected chi connectivity index (χ2v) is 6.86. The molecule has 0 bridgehead atoms. The van der Waals surface area contributed by atoms with Crippen molar-refractivity contribution in [2.24, 2.45) is 5.92 Å². The molecule has 0 fully saturated rings. The van der Waals surface area contributed by atoms with E-state index in [-0.39, 0.29) is 6.04 Å². The molecule has 0 aliphatic heterocycles. The van der Waals surface area contributed by atoms with Gasteiger partial charge in [0, 0.05) is 25.2 Å². The topological polar surface area (TPSA) is 67.3 Å². The van der Waals surface area contributed by atoms with E-state index in [0.717, 1.165) is 18.9 Å². The molecule has 0 saturated heterocycles. The first-order valence-corrected chi connectivity index (χ1v) is 9.05. The quantitative estimate of drug-likeness (QED) is 0.541. The van der Waals surface area contributed by atoms with Crippen LogP contribution in [0.15, 0.2) is 48.8 Å².